The van der Waals surface area contributed by atoms with Crippen LogP contribution >= 0.6 is 0 Å². The van der Waals surface area contributed by atoms with Gasteiger partial charge in [0.15, 0.2) is 0 Å². The van der Waals surface area contributed by atoms with Crippen molar-refractivity contribution in [2.75, 3.05) is 11.6 Å². The molecule has 0 bridgehead atoms. The summed E-state index contributed by atoms with van der Waals surface area (Å²) in [4.78, 5) is 0. The van der Waals surface area contributed by atoms with Gasteiger partial charge in [-0.15, -0.1) is 0 Å². The van der Waals surface area contributed by atoms with E-state index in [2.05, 4.69) is 66.7 Å². The maximum Gasteiger partial charge on any atom is 0.0819 e. The number of epoxide rings is 1. The Morgan fingerprint density at radius 1 is 0.750 bits per heavy atom. The first-order chi connectivity index (χ1) is 15.9. The predicted octanol–water partition coefficient (Wildman–Crippen LogP) is 6.76. The SMILES string of the molecule is C(=N\N(c1ccccc1)c1ccccc1)/c1ccc2c(c1)-c1ccccc1C2CC1CO1. The molecule has 0 radical (unpaired) electrons. The molecule has 4 aromatic rings. The number of ether oxygens (including phenoxy) is 1. The predicted molar refractivity (Wildman–Crippen MR) is 131 cm³/mol. The fourth-order valence-corrected chi connectivity index (χ4v) is 4.67. The number of hydrogen-bond donors (Lipinski definition) is 0. The molecule has 2 unspecified atom stereocenters. The normalized spacial score (nSPS) is 18.4. The van der Waals surface area contributed by atoms with Crippen molar-refractivity contribution >= 4 is 17.6 Å². The molecule has 2 aliphatic rings. The number of hydrogen-bond acceptors (Lipinski definition) is 3. The van der Waals surface area contributed by atoms with Crippen molar-refractivity contribution in [3.05, 3.63) is 120 Å². The molecule has 2 atom stereocenters. The van der Waals surface area contributed by atoms with E-state index in [-0.39, 0.29) is 0 Å². The number of para-hydroxylation sites is 2. The average Bonchev–Trinajstić information content (AvgIpc) is 3.63. The molecule has 1 heterocycles. The largest absolute Gasteiger partial charge is 0.373 e. The molecule has 4 aromatic carbocycles. The Labute approximate surface area is 188 Å². The van der Waals surface area contributed by atoms with Crippen LogP contribution in [0.3, 0.4) is 0 Å². The summed E-state index contributed by atoms with van der Waals surface area (Å²) in [5.41, 5.74) is 8.65. The van der Waals surface area contributed by atoms with E-state index in [1.807, 2.05) is 47.6 Å². The van der Waals surface area contributed by atoms with Crippen LogP contribution in [0.15, 0.2) is 108 Å². The van der Waals surface area contributed by atoms with Crippen LogP contribution < -0.4 is 5.01 Å². The summed E-state index contributed by atoms with van der Waals surface area (Å²) in [7, 11) is 0. The highest BCUT2D eigenvalue weighted by atomic mass is 16.6. The van der Waals surface area contributed by atoms with Gasteiger partial charge in [-0.3, -0.25) is 0 Å². The zero-order valence-electron chi connectivity index (χ0n) is 17.8. The molecule has 1 aliphatic heterocycles. The molecule has 0 N–H and O–H groups in total. The second-order valence-corrected chi connectivity index (χ2v) is 8.41. The summed E-state index contributed by atoms with van der Waals surface area (Å²) in [6, 6.07) is 36.0. The molecule has 1 saturated heterocycles. The minimum absolute atomic E-state index is 0.408. The molecule has 0 amide bonds. The van der Waals surface area contributed by atoms with Crippen LogP contribution in [-0.2, 0) is 4.74 Å². The van der Waals surface area contributed by atoms with Gasteiger partial charge < -0.3 is 4.74 Å². The van der Waals surface area contributed by atoms with Gasteiger partial charge >= 0.3 is 0 Å². The van der Waals surface area contributed by atoms with Gasteiger partial charge in [0.1, 0.15) is 0 Å². The molecule has 3 heteroatoms. The van der Waals surface area contributed by atoms with Crippen molar-refractivity contribution in [1.29, 1.82) is 0 Å². The van der Waals surface area contributed by atoms with Gasteiger partial charge in [-0.25, -0.2) is 5.01 Å². The van der Waals surface area contributed by atoms with Crippen LogP contribution in [0.2, 0.25) is 0 Å². The minimum Gasteiger partial charge on any atom is -0.373 e. The standard InChI is InChI=1S/C29H24N2O/c1-3-9-22(10-4-1)31(23-11-5-2-6-12-23)30-19-21-15-16-27-28(17-21)25-13-7-8-14-26(25)29(27)18-24-20-32-24/h1-17,19,24,29H,18,20H2/b30-19+. The zero-order valence-corrected chi connectivity index (χ0v) is 17.8. The Bertz CT molecular complexity index is 1220. The zero-order chi connectivity index (χ0) is 21.3. The van der Waals surface area contributed by atoms with Crippen molar-refractivity contribution in [1.82, 2.24) is 0 Å². The van der Waals surface area contributed by atoms with Gasteiger partial charge in [0.05, 0.1) is 30.3 Å². The van der Waals surface area contributed by atoms with Crippen LogP contribution in [0.5, 0.6) is 0 Å². The molecule has 1 aliphatic carbocycles. The van der Waals surface area contributed by atoms with Gasteiger partial charge in [0.2, 0.25) is 0 Å². The topological polar surface area (TPSA) is 28.1 Å². The molecule has 0 spiro atoms. The second kappa shape index (κ2) is 8.10. The summed E-state index contributed by atoms with van der Waals surface area (Å²) in [6.45, 7) is 0.896. The van der Waals surface area contributed by atoms with Crippen molar-refractivity contribution < 1.29 is 4.74 Å². The molecule has 0 aromatic heterocycles. The van der Waals surface area contributed by atoms with E-state index < -0.39 is 0 Å². The van der Waals surface area contributed by atoms with Crippen LogP contribution in [-0.4, -0.2) is 18.9 Å². The lowest BCUT2D eigenvalue weighted by atomic mass is 9.92. The monoisotopic (exact) mass is 416 g/mol. The lowest BCUT2D eigenvalue weighted by molar-refractivity contribution is 0.389. The molecule has 32 heavy (non-hydrogen) atoms. The minimum atomic E-state index is 0.408. The highest BCUT2D eigenvalue weighted by Crippen LogP contribution is 2.48. The van der Waals surface area contributed by atoms with E-state index >= 15 is 0 Å². The lowest BCUT2D eigenvalue weighted by Gasteiger charge is -2.19. The van der Waals surface area contributed by atoms with E-state index in [1.54, 1.807) is 0 Å². The average molecular weight is 417 g/mol. The molecule has 156 valence electrons. The number of fused-ring (bicyclic) bond motifs is 3. The number of nitrogens with zero attached hydrogens (tertiary/aromatic N) is 2. The molecule has 0 saturated carbocycles. The first kappa shape index (κ1) is 19.0. The number of hydrazone groups is 1. The Balaban J connectivity index is 1.36. The Morgan fingerprint density at radius 2 is 1.38 bits per heavy atom. The lowest BCUT2D eigenvalue weighted by Crippen LogP contribution is -2.09. The van der Waals surface area contributed by atoms with Gasteiger partial charge in [-0.05, 0) is 64.6 Å². The van der Waals surface area contributed by atoms with E-state index in [1.165, 1.54) is 22.3 Å². The van der Waals surface area contributed by atoms with E-state index in [9.17, 15) is 0 Å². The third kappa shape index (κ3) is 3.61. The fourth-order valence-electron chi connectivity index (χ4n) is 4.67. The third-order valence-corrected chi connectivity index (χ3v) is 6.30. The summed E-state index contributed by atoms with van der Waals surface area (Å²) in [6.07, 6.45) is 3.43. The van der Waals surface area contributed by atoms with Gasteiger partial charge in [-0.1, -0.05) is 72.8 Å². The van der Waals surface area contributed by atoms with Crippen LogP contribution in [0.4, 0.5) is 11.4 Å². The quantitative estimate of drug-likeness (QED) is 0.197. The van der Waals surface area contributed by atoms with E-state index in [0.717, 1.165) is 30.0 Å². The molecule has 1 fully saturated rings. The van der Waals surface area contributed by atoms with Crippen LogP contribution in [0.1, 0.15) is 29.0 Å². The van der Waals surface area contributed by atoms with Crippen molar-refractivity contribution in [2.45, 2.75) is 18.4 Å². The maximum atomic E-state index is 5.55. The summed E-state index contributed by atoms with van der Waals surface area (Å²) in [5.74, 6) is 0.421. The number of benzene rings is 4. The smallest absolute Gasteiger partial charge is 0.0819 e. The number of anilines is 2. The van der Waals surface area contributed by atoms with E-state index in [0.29, 0.717) is 12.0 Å². The van der Waals surface area contributed by atoms with E-state index in [4.69, 9.17) is 9.84 Å². The second-order valence-electron chi connectivity index (χ2n) is 8.41. The summed E-state index contributed by atoms with van der Waals surface area (Å²) >= 11 is 0. The molecule has 6 rings (SSSR count). The van der Waals surface area contributed by atoms with Crippen molar-refractivity contribution in [2.24, 2.45) is 5.10 Å². The Morgan fingerprint density at radius 3 is 2.06 bits per heavy atom. The highest BCUT2D eigenvalue weighted by Gasteiger charge is 2.34. The van der Waals surface area contributed by atoms with Gasteiger partial charge in [-0.2, -0.15) is 5.10 Å². The van der Waals surface area contributed by atoms with Gasteiger partial charge in [0.25, 0.3) is 0 Å². The first-order valence-electron chi connectivity index (χ1n) is 11.2. The molecule has 3 nitrogen and oxygen atoms in total. The number of rotatable bonds is 6. The molecular weight excluding hydrogens is 392 g/mol. The van der Waals surface area contributed by atoms with Crippen molar-refractivity contribution in [3.8, 4) is 11.1 Å². The van der Waals surface area contributed by atoms with Crippen molar-refractivity contribution in [3.63, 3.8) is 0 Å². The Kier molecular flexibility index (Phi) is 4.82. The highest BCUT2D eigenvalue weighted by molar-refractivity contribution is 5.88. The summed E-state index contributed by atoms with van der Waals surface area (Å²) in [5, 5.41) is 6.86. The van der Waals surface area contributed by atoms with Crippen LogP contribution in [0, 0.1) is 0 Å². The fraction of sp³-hybridized carbons (Fsp3) is 0.138. The maximum absolute atomic E-state index is 5.55. The van der Waals surface area contributed by atoms with Crippen LogP contribution in [0.25, 0.3) is 11.1 Å². The first-order valence-corrected chi connectivity index (χ1v) is 11.2. The third-order valence-electron chi connectivity index (χ3n) is 6.30. The van der Waals surface area contributed by atoms with Gasteiger partial charge in [0, 0.05) is 5.92 Å². The Hall–Kier alpha value is -3.69. The summed E-state index contributed by atoms with van der Waals surface area (Å²) < 4.78 is 5.55. The molecular formula is C29H24N2O.